The van der Waals surface area contributed by atoms with Crippen molar-refractivity contribution in [3.8, 4) is 0 Å². The number of Topliss-reactive ketones (excluding diaryl/α,β-unsaturated/α-hetero) is 1. The molecule has 0 unspecified atom stereocenters. The normalized spacial score (nSPS) is 10.7. The number of carbonyl (C=O) groups excluding carboxylic acids is 1. The lowest BCUT2D eigenvalue weighted by Gasteiger charge is -2.05. The molecule has 0 radical (unpaired) electrons. The summed E-state index contributed by atoms with van der Waals surface area (Å²) < 4.78 is 5.28. The molecule has 1 rings (SSSR count). The van der Waals surface area contributed by atoms with E-state index in [1.165, 1.54) is 0 Å². The second kappa shape index (κ2) is 5.66. The first-order chi connectivity index (χ1) is 7.15. The second-order valence-electron chi connectivity index (χ2n) is 3.85. The number of benzene rings is 1. The van der Waals surface area contributed by atoms with Crippen LogP contribution in [0.3, 0.4) is 0 Å². The Hall–Kier alpha value is -1.15. The zero-order chi connectivity index (χ0) is 11.3. The summed E-state index contributed by atoms with van der Waals surface area (Å²) in [6.07, 6.45) is 0. The lowest BCUT2D eigenvalue weighted by Crippen LogP contribution is -2.07. The van der Waals surface area contributed by atoms with Crippen LogP contribution in [0.25, 0.3) is 0 Å². The molecule has 2 nitrogen and oxygen atoms in total. The van der Waals surface area contributed by atoms with Gasteiger partial charge in [-0.15, -0.1) is 0 Å². The van der Waals surface area contributed by atoms with Crippen LogP contribution in [0.1, 0.15) is 36.7 Å². The van der Waals surface area contributed by atoms with Gasteiger partial charge in [0, 0.05) is 18.1 Å². The van der Waals surface area contributed by atoms with E-state index in [4.69, 9.17) is 4.74 Å². The molecule has 0 aliphatic rings. The molecule has 0 aliphatic carbocycles. The molecule has 2 heteroatoms. The summed E-state index contributed by atoms with van der Waals surface area (Å²) in [6, 6.07) is 7.64. The fourth-order valence-corrected chi connectivity index (χ4v) is 1.32. The molecule has 0 bridgehead atoms. The van der Waals surface area contributed by atoms with Crippen molar-refractivity contribution in [2.24, 2.45) is 5.92 Å². The molecule has 0 saturated heterocycles. The van der Waals surface area contributed by atoms with Gasteiger partial charge in [-0.05, 0) is 12.5 Å². The summed E-state index contributed by atoms with van der Waals surface area (Å²) in [5, 5.41) is 0. The smallest absolute Gasteiger partial charge is 0.165 e. The fourth-order valence-electron chi connectivity index (χ4n) is 1.32. The summed E-state index contributed by atoms with van der Waals surface area (Å²) in [6.45, 7) is 7.13. The first-order valence-corrected chi connectivity index (χ1v) is 5.36. The maximum atomic E-state index is 11.6. The van der Waals surface area contributed by atoms with Gasteiger partial charge in [0.15, 0.2) is 5.78 Å². The maximum Gasteiger partial charge on any atom is 0.165 e. The molecule has 0 fully saturated rings. The van der Waals surface area contributed by atoms with Crippen LogP contribution in [0.5, 0.6) is 0 Å². The van der Waals surface area contributed by atoms with E-state index >= 15 is 0 Å². The molecule has 1 aromatic rings. The first kappa shape index (κ1) is 11.9. The molecule has 0 heterocycles. The van der Waals surface area contributed by atoms with E-state index in [-0.39, 0.29) is 11.7 Å². The van der Waals surface area contributed by atoms with Crippen molar-refractivity contribution in [2.75, 3.05) is 6.61 Å². The number of carbonyl (C=O) groups is 1. The van der Waals surface area contributed by atoms with Crippen LogP contribution in [-0.2, 0) is 11.3 Å². The van der Waals surface area contributed by atoms with Crippen molar-refractivity contribution < 1.29 is 9.53 Å². The number of rotatable bonds is 5. The lowest BCUT2D eigenvalue weighted by molar-refractivity contribution is 0.0939. The number of ether oxygens (including phenoxy) is 1. The van der Waals surface area contributed by atoms with Crippen molar-refractivity contribution >= 4 is 5.78 Å². The standard InChI is InChI=1S/C13H18O2/c1-4-15-9-11-5-7-12(8-6-11)13(14)10(2)3/h5-8,10H,4,9H2,1-3H3. The Bertz CT molecular complexity index is 312. The molecule has 82 valence electrons. The van der Waals surface area contributed by atoms with E-state index in [1.54, 1.807) is 0 Å². The first-order valence-electron chi connectivity index (χ1n) is 5.36. The van der Waals surface area contributed by atoms with Crippen molar-refractivity contribution in [3.63, 3.8) is 0 Å². The maximum absolute atomic E-state index is 11.6. The molecular formula is C13H18O2. The van der Waals surface area contributed by atoms with Crippen molar-refractivity contribution in [1.29, 1.82) is 0 Å². The molecule has 0 atom stereocenters. The molecule has 0 spiro atoms. The Balaban J connectivity index is 2.68. The third-order valence-electron chi connectivity index (χ3n) is 2.24. The predicted octanol–water partition coefficient (Wildman–Crippen LogP) is 3.06. The van der Waals surface area contributed by atoms with E-state index < -0.39 is 0 Å². The Morgan fingerprint density at radius 2 is 1.87 bits per heavy atom. The highest BCUT2D eigenvalue weighted by atomic mass is 16.5. The minimum atomic E-state index is 0.0581. The largest absolute Gasteiger partial charge is 0.377 e. The molecule has 0 N–H and O–H groups in total. The third-order valence-corrected chi connectivity index (χ3v) is 2.24. The Morgan fingerprint density at radius 1 is 1.27 bits per heavy atom. The van der Waals surface area contributed by atoms with E-state index in [0.29, 0.717) is 13.2 Å². The van der Waals surface area contributed by atoms with Crippen LogP contribution < -0.4 is 0 Å². The minimum Gasteiger partial charge on any atom is -0.377 e. The zero-order valence-electron chi connectivity index (χ0n) is 9.62. The number of hydrogen-bond donors (Lipinski definition) is 0. The third kappa shape index (κ3) is 3.48. The fraction of sp³-hybridized carbons (Fsp3) is 0.462. The van der Waals surface area contributed by atoms with Gasteiger partial charge in [0.05, 0.1) is 6.61 Å². The van der Waals surface area contributed by atoms with Crippen LogP contribution in [0.4, 0.5) is 0 Å². The summed E-state index contributed by atoms with van der Waals surface area (Å²) in [7, 11) is 0. The van der Waals surface area contributed by atoms with E-state index in [9.17, 15) is 4.79 Å². The highest BCUT2D eigenvalue weighted by Crippen LogP contribution is 2.10. The van der Waals surface area contributed by atoms with Crippen LogP contribution in [-0.4, -0.2) is 12.4 Å². The van der Waals surface area contributed by atoms with Crippen LogP contribution >= 0.6 is 0 Å². The molecule has 1 aromatic carbocycles. The van der Waals surface area contributed by atoms with Gasteiger partial charge < -0.3 is 4.74 Å². The van der Waals surface area contributed by atoms with Gasteiger partial charge in [-0.1, -0.05) is 38.1 Å². The van der Waals surface area contributed by atoms with E-state index in [0.717, 1.165) is 11.1 Å². The Morgan fingerprint density at radius 3 is 2.33 bits per heavy atom. The second-order valence-corrected chi connectivity index (χ2v) is 3.85. The van der Waals surface area contributed by atoms with Crippen molar-refractivity contribution in [2.45, 2.75) is 27.4 Å². The highest BCUT2D eigenvalue weighted by Gasteiger charge is 2.09. The summed E-state index contributed by atoms with van der Waals surface area (Å²) >= 11 is 0. The molecule has 0 saturated carbocycles. The Kier molecular flexibility index (Phi) is 4.50. The lowest BCUT2D eigenvalue weighted by atomic mass is 10.0. The monoisotopic (exact) mass is 206 g/mol. The summed E-state index contributed by atoms with van der Waals surface area (Å²) in [4.78, 5) is 11.6. The van der Waals surface area contributed by atoms with Gasteiger partial charge >= 0.3 is 0 Å². The van der Waals surface area contributed by atoms with Crippen molar-refractivity contribution in [3.05, 3.63) is 35.4 Å². The van der Waals surface area contributed by atoms with Gasteiger partial charge in [0.25, 0.3) is 0 Å². The van der Waals surface area contributed by atoms with E-state index in [2.05, 4.69) is 0 Å². The van der Waals surface area contributed by atoms with Gasteiger partial charge in [-0.25, -0.2) is 0 Å². The van der Waals surface area contributed by atoms with Crippen LogP contribution in [0.15, 0.2) is 24.3 Å². The average Bonchev–Trinajstić information content (AvgIpc) is 2.26. The molecule has 0 amide bonds. The van der Waals surface area contributed by atoms with E-state index in [1.807, 2.05) is 45.0 Å². The topological polar surface area (TPSA) is 26.3 Å². The minimum absolute atomic E-state index is 0.0581. The highest BCUT2D eigenvalue weighted by molar-refractivity contribution is 5.97. The summed E-state index contributed by atoms with van der Waals surface area (Å²) in [5.41, 5.74) is 1.89. The van der Waals surface area contributed by atoms with Gasteiger partial charge in [0.2, 0.25) is 0 Å². The van der Waals surface area contributed by atoms with Crippen LogP contribution in [0, 0.1) is 5.92 Å². The zero-order valence-corrected chi connectivity index (χ0v) is 9.62. The molecule has 0 aliphatic heterocycles. The average molecular weight is 206 g/mol. The Labute approximate surface area is 91.3 Å². The molecular weight excluding hydrogens is 188 g/mol. The van der Waals surface area contributed by atoms with Crippen LogP contribution in [0.2, 0.25) is 0 Å². The van der Waals surface area contributed by atoms with Gasteiger partial charge in [-0.2, -0.15) is 0 Å². The quantitative estimate of drug-likeness (QED) is 0.692. The number of hydrogen-bond acceptors (Lipinski definition) is 2. The molecule has 15 heavy (non-hydrogen) atoms. The predicted molar refractivity (Wildman–Crippen MR) is 60.9 cm³/mol. The van der Waals surface area contributed by atoms with Crippen molar-refractivity contribution in [1.82, 2.24) is 0 Å². The number of ketones is 1. The van der Waals surface area contributed by atoms with Gasteiger partial charge in [0.1, 0.15) is 0 Å². The SMILES string of the molecule is CCOCc1ccc(C(=O)C(C)C)cc1. The summed E-state index contributed by atoms with van der Waals surface area (Å²) in [5.74, 6) is 0.251. The van der Waals surface area contributed by atoms with Gasteiger partial charge in [-0.3, -0.25) is 4.79 Å². The molecule has 0 aromatic heterocycles.